The molecule has 2 aromatic carbocycles. The maximum absolute atomic E-state index is 12.8. The number of aryl methyl sites for hydroxylation is 2. The number of thiazole rings is 1. The molecule has 0 aliphatic carbocycles. The highest BCUT2D eigenvalue weighted by Crippen LogP contribution is 2.26. The summed E-state index contributed by atoms with van der Waals surface area (Å²) in [6, 6.07) is 15.5. The van der Waals surface area contributed by atoms with Crippen LogP contribution < -0.4 is 5.56 Å². The molecule has 0 saturated carbocycles. The third-order valence-electron chi connectivity index (χ3n) is 4.21. The standard InChI is InChI=1S/C20H16BrN5OS/c1-12-8-9-15(10-16(12)21)23-24-18-13(2)25-26(19(18)27)20-22-17(11-28-20)14-6-4-3-5-7-14/h3-11,25H,1-2H3. The van der Waals surface area contributed by atoms with Crippen LogP contribution in [0, 0.1) is 13.8 Å². The molecule has 0 spiro atoms. The average molecular weight is 454 g/mol. The number of nitrogens with zero attached hydrogens (tertiary/aromatic N) is 4. The lowest BCUT2D eigenvalue weighted by Gasteiger charge is -1.97. The molecule has 4 rings (SSSR count). The fraction of sp³-hybridized carbons (Fsp3) is 0.100. The van der Waals surface area contributed by atoms with Crippen LogP contribution in [0.1, 0.15) is 11.3 Å². The van der Waals surface area contributed by atoms with E-state index in [1.807, 2.05) is 60.8 Å². The van der Waals surface area contributed by atoms with Crippen LogP contribution in [-0.2, 0) is 0 Å². The molecule has 0 fully saturated rings. The van der Waals surface area contributed by atoms with Crippen LogP contribution in [0.15, 0.2) is 73.4 Å². The molecule has 0 atom stereocenters. The molecule has 140 valence electrons. The van der Waals surface area contributed by atoms with Gasteiger partial charge in [-0.05, 0) is 31.5 Å². The molecule has 0 aliphatic rings. The summed E-state index contributed by atoms with van der Waals surface area (Å²) >= 11 is 4.87. The number of rotatable bonds is 4. The van der Waals surface area contributed by atoms with Gasteiger partial charge >= 0.3 is 5.56 Å². The van der Waals surface area contributed by atoms with E-state index in [2.05, 4.69) is 36.2 Å². The monoisotopic (exact) mass is 453 g/mol. The van der Waals surface area contributed by atoms with E-state index in [1.165, 1.54) is 16.0 Å². The fourth-order valence-electron chi connectivity index (χ4n) is 2.65. The van der Waals surface area contributed by atoms with Crippen LogP contribution >= 0.6 is 27.3 Å². The number of H-pyrrole nitrogens is 1. The van der Waals surface area contributed by atoms with Gasteiger partial charge in [-0.15, -0.1) is 16.5 Å². The quantitative estimate of drug-likeness (QED) is 0.379. The SMILES string of the molecule is Cc1ccc(N=Nc2c(C)[nH]n(-c3nc(-c4ccccc4)cs3)c2=O)cc1Br. The van der Waals surface area contributed by atoms with Gasteiger partial charge in [-0.3, -0.25) is 9.89 Å². The fourth-order valence-corrected chi connectivity index (χ4v) is 3.81. The third kappa shape index (κ3) is 3.61. The zero-order chi connectivity index (χ0) is 19.7. The van der Waals surface area contributed by atoms with Gasteiger partial charge in [0.2, 0.25) is 5.13 Å². The van der Waals surface area contributed by atoms with Crippen LogP contribution in [0.3, 0.4) is 0 Å². The molecule has 8 heteroatoms. The van der Waals surface area contributed by atoms with Gasteiger partial charge < -0.3 is 0 Å². The number of halogens is 1. The number of hydrogen-bond donors (Lipinski definition) is 1. The van der Waals surface area contributed by atoms with Crippen molar-refractivity contribution in [2.75, 3.05) is 0 Å². The van der Waals surface area contributed by atoms with Crippen molar-refractivity contribution in [3.05, 3.63) is 80.0 Å². The van der Waals surface area contributed by atoms with E-state index in [4.69, 9.17) is 0 Å². The molecule has 4 aromatic rings. The lowest BCUT2D eigenvalue weighted by atomic mass is 10.2. The van der Waals surface area contributed by atoms with Gasteiger partial charge in [-0.1, -0.05) is 52.3 Å². The van der Waals surface area contributed by atoms with Crippen molar-refractivity contribution < 1.29 is 0 Å². The highest BCUT2D eigenvalue weighted by atomic mass is 79.9. The average Bonchev–Trinajstić information content (AvgIpc) is 3.29. The molecule has 6 nitrogen and oxygen atoms in total. The Balaban J connectivity index is 1.66. The predicted octanol–water partition coefficient (Wildman–Crippen LogP) is 6.08. The van der Waals surface area contributed by atoms with Gasteiger partial charge in [0, 0.05) is 15.4 Å². The first-order valence-corrected chi connectivity index (χ1v) is 10.2. The van der Waals surface area contributed by atoms with Gasteiger partial charge in [-0.25, -0.2) is 4.98 Å². The van der Waals surface area contributed by atoms with E-state index in [-0.39, 0.29) is 11.2 Å². The van der Waals surface area contributed by atoms with Crippen LogP contribution in [0.5, 0.6) is 0 Å². The highest BCUT2D eigenvalue weighted by Gasteiger charge is 2.15. The Morgan fingerprint density at radius 2 is 1.89 bits per heavy atom. The lowest BCUT2D eigenvalue weighted by Crippen LogP contribution is -2.13. The summed E-state index contributed by atoms with van der Waals surface area (Å²) in [4.78, 5) is 17.4. The minimum atomic E-state index is -0.276. The third-order valence-corrected chi connectivity index (χ3v) is 5.89. The topological polar surface area (TPSA) is 75.4 Å². The first-order chi connectivity index (χ1) is 13.5. The summed E-state index contributed by atoms with van der Waals surface area (Å²) in [5, 5.41) is 13.9. The number of benzene rings is 2. The maximum atomic E-state index is 12.8. The zero-order valence-electron chi connectivity index (χ0n) is 15.2. The number of hydrogen-bond acceptors (Lipinski definition) is 5. The van der Waals surface area contributed by atoms with Crippen molar-refractivity contribution in [3.8, 4) is 16.4 Å². The van der Waals surface area contributed by atoms with Crippen molar-refractivity contribution in [2.45, 2.75) is 13.8 Å². The Kier molecular flexibility index (Phi) is 5.06. The molecule has 0 saturated heterocycles. The minimum absolute atomic E-state index is 0.271. The summed E-state index contributed by atoms with van der Waals surface area (Å²) < 4.78 is 2.36. The molecule has 0 amide bonds. The Bertz CT molecular complexity index is 1220. The van der Waals surface area contributed by atoms with Crippen LogP contribution in [0.2, 0.25) is 0 Å². The summed E-state index contributed by atoms with van der Waals surface area (Å²) in [5.41, 5.74) is 4.24. The normalized spacial score (nSPS) is 11.4. The first-order valence-electron chi connectivity index (χ1n) is 8.54. The lowest BCUT2D eigenvalue weighted by molar-refractivity contribution is 0.827. The predicted molar refractivity (Wildman–Crippen MR) is 115 cm³/mol. The highest BCUT2D eigenvalue weighted by molar-refractivity contribution is 9.10. The summed E-state index contributed by atoms with van der Waals surface area (Å²) in [5.74, 6) is 0. The summed E-state index contributed by atoms with van der Waals surface area (Å²) in [7, 11) is 0. The van der Waals surface area contributed by atoms with Gasteiger partial charge in [0.15, 0.2) is 5.69 Å². The number of aromatic amines is 1. The first kappa shape index (κ1) is 18.5. The van der Waals surface area contributed by atoms with E-state index in [9.17, 15) is 4.79 Å². The number of aromatic nitrogens is 3. The molecule has 0 bridgehead atoms. The molecule has 2 aromatic heterocycles. The minimum Gasteiger partial charge on any atom is -0.291 e. The Morgan fingerprint density at radius 1 is 1.11 bits per heavy atom. The van der Waals surface area contributed by atoms with Crippen molar-refractivity contribution >= 4 is 38.6 Å². The molecule has 0 unspecified atom stereocenters. The Hall–Kier alpha value is -2.84. The van der Waals surface area contributed by atoms with Crippen LogP contribution in [-0.4, -0.2) is 14.8 Å². The molecular weight excluding hydrogens is 438 g/mol. The number of azo groups is 1. The smallest absolute Gasteiger partial charge is 0.291 e. The van der Waals surface area contributed by atoms with Gasteiger partial charge in [0.25, 0.3) is 0 Å². The molecule has 0 radical (unpaired) electrons. The van der Waals surface area contributed by atoms with E-state index < -0.39 is 0 Å². The summed E-state index contributed by atoms with van der Waals surface area (Å²) in [6.07, 6.45) is 0. The van der Waals surface area contributed by atoms with Crippen molar-refractivity contribution in [1.82, 2.24) is 14.8 Å². The molecule has 0 aliphatic heterocycles. The van der Waals surface area contributed by atoms with Crippen molar-refractivity contribution in [2.24, 2.45) is 10.2 Å². The Morgan fingerprint density at radius 3 is 2.64 bits per heavy atom. The second kappa shape index (κ2) is 7.65. The van der Waals surface area contributed by atoms with E-state index in [0.29, 0.717) is 16.5 Å². The van der Waals surface area contributed by atoms with Crippen molar-refractivity contribution in [1.29, 1.82) is 0 Å². The van der Waals surface area contributed by atoms with Gasteiger partial charge in [-0.2, -0.15) is 9.80 Å². The second-order valence-electron chi connectivity index (χ2n) is 6.24. The van der Waals surface area contributed by atoms with Crippen molar-refractivity contribution in [3.63, 3.8) is 0 Å². The van der Waals surface area contributed by atoms with E-state index in [0.717, 1.165) is 21.3 Å². The number of nitrogens with one attached hydrogen (secondary N) is 1. The van der Waals surface area contributed by atoms with Gasteiger partial charge in [0.05, 0.1) is 17.1 Å². The summed E-state index contributed by atoms with van der Waals surface area (Å²) in [6.45, 7) is 3.79. The second-order valence-corrected chi connectivity index (χ2v) is 7.93. The van der Waals surface area contributed by atoms with Gasteiger partial charge in [0.1, 0.15) is 0 Å². The largest absolute Gasteiger partial charge is 0.301 e. The van der Waals surface area contributed by atoms with Crippen LogP contribution in [0.25, 0.3) is 16.4 Å². The maximum Gasteiger partial charge on any atom is 0.301 e. The van der Waals surface area contributed by atoms with E-state index >= 15 is 0 Å². The Labute approximate surface area is 173 Å². The molecular formula is C20H16BrN5OS. The van der Waals surface area contributed by atoms with E-state index in [1.54, 1.807) is 6.92 Å². The molecule has 28 heavy (non-hydrogen) atoms. The molecule has 1 N–H and O–H groups in total. The zero-order valence-corrected chi connectivity index (χ0v) is 17.6. The molecule has 2 heterocycles. The van der Waals surface area contributed by atoms with Crippen LogP contribution in [0.4, 0.5) is 11.4 Å².